The fraction of sp³-hybridized carbons (Fsp3) is 0.167. The van der Waals surface area contributed by atoms with E-state index in [-0.39, 0.29) is 32.9 Å². The number of rotatable bonds is 3. The van der Waals surface area contributed by atoms with Crippen molar-refractivity contribution in [2.45, 2.75) is 26.2 Å². The first-order chi connectivity index (χ1) is 13.0. The Hall–Kier alpha value is -2.62. The molecule has 0 spiro atoms. The van der Waals surface area contributed by atoms with E-state index in [0.717, 1.165) is 22.4 Å². The zero-order valence-electron chi connectivity index (χ0n) is 16.9. The van der Waals surface area contributed by atoms with Gasteiger partial charge in [0.15, 0.2) is 0 Å². The minimum Gasteiger partial charge on any atom is -0.418 e. The maximum Gasteiger partial charge on any atom is 0.248 e. The average Bonchev–Trinajstić information content (AvgIpc) is 3.19. The molecule has 0 saturated heterocycles. The summed E-state index contributed by atoms with van der Waals surface area (Å²) in [6.45, 7) is 6.58. The fourth-order valence-corrected chi connectivity index (χ4v) is 2.84. The van der Waals surface area contributed by atoms with Crippen LogP contribution in [0.5, 0.6) is 0 Å². The summed E-state index contributed by atoms with van der Waals surface area (Å²) in [4.78, 5) is 4.37. The summed E-state index contributed by atoms with van der Waals surface area (Å²) in [5.41, 5.74) is 4.89. The van der Waals surface area contributed by atoms with Crippen molar-refractivity contribution in [2.24, 2.45) is 0 Å². The van der Waals surface area contributed by atoms with Crippen LogP contribution < -0.4 is 0 Å². The van der Waals surface area contributed by atoms with Gasteiger partial charge >= 0.3 is 0 Å². The van der Waals surface area contributed by atoms with E-state index in [9.17, 15) is 0 Å². The van der Waals surface area contributed by atoms with E-state index in [1.54, 1.807) is 6.20 Å². The van der Waals surface area contributed by atoms with Crippen molar-refractivity contribution in [3.05, 3.63) is 85.9 Å². The van der Waals surface area contributed by atoms with Crippen molar-refractivity contribution in [2.75, 3.05) is 0 Å². The van der Waals surface area contributed by atoms with E-state index < -0.39 is 0 Å². The minimum absolute atomic E-state index is 0. The molecule has 4 aromatic rings. The molecule has 0 bridgehead atoms. The second kappa shape index (κ2) is 9.25. The normalized spacial score (nSPS) is 10.7. The van der Waals surface area contributed by atoms with E-state index in [2.05, 4.69) is 54.2 Å². The van der Waals surface area contributed by atoms with Crippen molar-refractivity contribution in [1.29, 1.82) is 0 Å². The Bertz CT molecular complexity index is 1050. The maximum atomic E-state index is 5.92. The molecule has 0 aliphatic carbocycles. The van der Waals surface area contributed by atoms with Crippen LogP contribution in [0.15, 0.2) is 71.3 Å². The molecule has 5 heteroatoms. The Labute approximate surface area is 185 Å². The van der Waals surface area contributed by atoms with Crippen LogP contribution in [-0.2, 0) is 25.5 Å². The number of aromatic nitrogens is 3. The molecule has 2 heterocycles. The first kappa shape index (κ1) is 22.7. The Kier molecular flexibility index (Phi) is 7.23. The maximum absolute atomic E-state index is 5.92. The fourth-order valence-electron chi connectivity index (χ4n) is 2.84. The first-order valence-electron chi connectivity index (χ1n) is 8.89. The van der Waals surface area contributed by atoms with Gasteiger partial charge in [-0.05, 0) is 40.4 Å². The molecule has 0 aliphatic rings. The van der Waals surface area contributed by atoms with E-state index in [4.69, 9.17) is 4.42 Å². The molecule has 2 aromatic carbocycles. The first-order valence-corrected chi connectivity index (χ1v) is 8.89. The Morgan fingerprint density at radius 3 is 2.17 bits per heavy atom. The van der Waals surface area contributed by atoms with Crippen LogP contribution in [0.25, 0.3) is 34.2 Å². The third-order valence-electron chi connectivity index (χ3n) is 4.41. The van der Waals surface area contributed by atoms with Crippen LogP contribution in [0, 0.1) is 13.5 Å². The molecule has 4 rings (SSSR count). The predicted octanol–water partition coefficient (Wildman–Crippen LogP) is 6.01. The summed E-state index contributed by atoms with van der Waals surface area (Å²) in [7, 11) is 0. The largest absolute Gasteiger partial charge is 0.418 e. The smallest absolute Gasteiger partial charge is 0.248 e. The van der Waals surface area contributed by atoms with Crippen LogP contribution in [0.3, 0.4) is 0 Å². The number of pyridine rings is 1. The quantitative estimate of drug-likeness (QED) is 0.288. The molecule has 29 heavy (non-hydrogen) atoms. The molecular formula is C24H23IrN3O-2. The van der Waals surface area contributed by atoms with Crippen LogP contribution in [-0.4, -0.2) is 15.2 Å². The van der Waals surface area contributed by atoms with Gasteiger partial charge < -0.3 is 16.8 Å². The van der Waals surface area contributed by atoms with Gasteiger partial charge in [-0.25, -0.2) is 0 Å². The van der Waals surface area contributed by atoms with Gasteiger partial charge in [-0.2, -0.15) is 0 Å². The van der Waals surface area contributed by atoms with Gasteiger partial charge in [-0.1, -0.05) is 45.0 Å². The molecule has 2 aromatic heterocycles. The zero-order chi connectivity index (χ0) is 18.9. The molecule has 0 aliphatic heterocycles. The van der Waals surface area contributed by atoms with Crippen LogP contribution in [0.1, 0.15) is 26.3 Å². The van der Waals surface area contributed by atoms with Crippen LogP contribution in [0.4, 0.5) is 0 Å². The molecule has 0 fully saturated rings. The SMILES string of the molecule is CC(C)(C)c1ccc(-c2nnc(-c3cc[c-]c(-c4ccccn4)c3)o2)cc1.[CH3-].[Ir]. The number of hydrogen-bond donors (Lipinski definition) is 0. The van der Waals surface area contributed by atoms with Gasteiger partial charge in [0.1, 0.15) is 0 Å². The van der Waals surface area contributed by atoms with Crippen LogP contribution >= 0.6 is 0 Å². The molecule has 0 amide bonds. The van der Waals surface area contributed by atoms with Gasteiger partial charge in [0, 0.05) is 31.9 Å². The second-order valence-corrected chi connectivity index (χ2v) is 7.45. The van der Waals surface area contributed by atoms with E-state index >= 15 is 0 Å². The molecule has 151 valence electrons. The number of hydrogen-bond acceptors (Lipinski definition) is 4. The Balaban J connectivity index is 0.00000150. The third kappa shape index (κ3) is 5.06. The predicted molar refractivity (Wildman–Crippen MR) is 112 cm³/mol. The van der Waals surface area contributed by atoms with Crippen molar-refractivity contribution in [3.8, 4) is 34.2 Å². The summed E-state index contributed by atoms with van der Waals surface area (Å²) >= 11 is 0. The zero-order valence-corrected chi connectivity index (χ0v) is 19.3. The van der Waals surface area contributed by atoms with E-state index in [0.29, 0.717) is 11.8 Å². The van der Waals surface area contributed by atoms with Gasteiger partial charge in [0.05, 0.1) is 0 Å². The number of nitrogens with zero attached hydrogens (tertiary/aromatic N) is 3. The molecular weight excluding hydrogens is 539 g/mol. The van der Waals surface area contributed by atoms with E-state index in [1.165, 1.54) is 5.56 Å². The summed E-state index contributed by atoms with van der Waals surface area (Å²) in [6, 6.07) is 23.0. The van der Waals surface area contributed by atoms with Crippen molar-refractivity contribution in [3.63, 3.8) is 0 Å². The van der Waals surface area contributed by atoms with Crippen molar-refractivity contribution < 1.29 is 24.5 Å². The van der Waals surface area contributed by atoms with Crippen molar-refractivity contribution >= 4 is 0 Å². The Morgan fingerprint density at radius 1 is 0.862 bits per heavy atom. The van der Waals surface area contributed by atoms with E-state index in [1.807, 2.05) is 48.5 Å². The monoisotopic (exact) mass is 562 g/mol. The molecule has 1 radical (unpaired) electrons. The molecule has 0 atom stereocenters. The minimum atomic E-state index is 0. The Morgan fingerprint density at radius 2 is 1.55 bits per heavy atom. The standard InChI is InChI=1S/C23H20N3O.CH3.Ir/c1-23(2,3)19-12-10-16(11-13-19)21-25-26-22(27-21)18-8-6-7-17(15-18)20-9-4-5-14-24-20;;/h4-6,8-15H,1-3H3;1H3;/q2*-1;. The molecule has 4 nitrogen and oxygen atoms in total. The molecule has 0 N–H and O–H groups in total. The number of benzene rings is 2. The van der Waals surface area contributed by atoms with Gasteiger partial charge in [-0.3, -0.25) is 0 Å². The van der Waals surface area contributed by atoms with Gasteiger partial charge in [0.2, 0.25) is 11.8 Å². The second-order valence-electron chi connectivity index (χ2n) is 7.45. The molecule has 0 unspecified atom stereocenters. The summed E-state index contributed by atoms with van der Waals surface area (Å²) in [5.74, 6) is 0.994. The van der Waals surface area contributed by atoms with Crippen LogP contribution in [0.2, 0.25) is 0 Å². The molecule has 0 saturated carbocycles. The van der Waals surface area contributed by atoms with Gasteiger partial charge in [-0.15, -0.1) is 40.0 Å². The van der Waals surface area contributed by atoms with Crippen molar-refractivity contribution in [1.82, 2.24) is 15.2 Å². The average molecular weight is 562 g/mol. The summed E-state index contributed by atoms with van der Waals surface area (Å²) in [6.07, 6.45) is 1.77. The topological polar surface area (TPSA) is 51.8 Å². The summed E-state index contributed by atoms with van der Waals surface area (Å²) < 4.78 is 5.92. The summed E-state index contributed by atoms with van der Waals surface area (Å²) in [5, 5.41) is 8.43. The third-order valence-corrected chi connectivity index (χ3v) is 4.41. The van der Waals surface area contributed by atoms with Gasteiger partial charge in [0.25, 0.3) is 0 Å².